The summed E-state index contributed by atoms with van der Waals surface area (Å²) < 4.78 is 1.48. The van der Waals surface area contributed by atoms with Crippen LogP contribution in [0.2, 0.25) is 10.2 Å². The number of aromatic carboxylic acids is 1. The number of rotatable bonds is 3. The Labute approximate surface area is 132 Å². The molecule has 0 radical (unpaired) electrons. The molecule has 1 aliphatic carbocycles. The van der Waals surface area contributed by atoms with Gasteiger partial charge in [-0.1, -0.05) is 36.0 Å². The van der Waals surface area contributed by atoms with Crippen LogP contribution in [0, 0.1) is 0 Å². The fourth-order valence-corrected chi connectivity index (χ4v) is 3.29. The van der Waals surface area contributed by atoms with E-state index < -0.39 is 5.97 Å². The zero-order valence-electron chi connectivity index (χ0n) is 11.2. The van der Waals surface area contributed by atoms with Crippen LogP contribution in [0.4, 0.5) is 0 Å². The van der Waals surface area contributed by atoms with E-state index in [-0.39, 0.29) is 16.6 Å². The van der Waals surface area contributed by atoms with Crippen LogP contribution in [0.5, 0.6) is 0 Å². The fraction of sp³-hybridized carbons (Fsp3) is 0.333. The van der Waals surface area contributed by atoms with Gasteiger partial charge in [0.25, 0.3) is 0 Å². The average Bonchev–Trinajstić information content (AvgIpc) is 3.07. The molecule has 1 saturated carbocycles. The first-order valence-corrected chi connectivity index (χ1v) is 7.61. The Morgan fingerprint density at radius 1 is 1.19 bits per heavy atom. The van der Waals surface area contributed by atoms with Gasteiger partial charge in [-0.3, -0.25) is 0 Å². The summed E-state index contributed by atoms with van der Waals surface area (Å²) >= 11 is 12.1. The summed E-state index contributed by atoms with van der Waals surface area (Å²) in [7, 11) is 0. The third kappa shape index (κ3) is 2.65. The van der Waals surface area contributed by atoms with Crippen molar-refractivity contribution in [3.8, 4) is 5.69 Å². The first-order chi connectivity index (χ1) is 10.1. The molecular weight excluding hydrogens is 311 g/mol. The van der Waals surface area contributed by atoms with Crippen LogP contribution < -0.4 is 0 Å². The molecule has 0 saturated heterocycles. The quantitative estimate of drug-likeness (QED) is 0.902. The first-order valence-electron chi connectivity index (χ1n) is 6.85. The molecule has 0 amide bonds. The zero-order chi connectivity index (χ0) is 15.0. The van der Waals surface area contributed by atoms with Crippen molar-refractivity contribution >= 4 is 29.2 Å². The van der Waals surface area contributed by atoms with Crippen LogP contribution in [0.3, 0.4) is 0 Å². The van der Waals surface area contributed by atoms with Crippen LogP contribution in [-0.2, 0) is 0 Å². The van der Waals surface area contributed by atoms with Gasteiger partial charge in [0.1, 0.15) is 10.7 Å². The molecule has 4 nitrogen and oxygen atoms in total. The lowest BCUT2D eigenvalue weighted by Crippen LogP contribution is -2.04. The summed E-state index contributed by atoms with van der Waals surface area (Å²) in [5.41, 5.74) is 1.43. The fourth-order valence-electron chi connectivity index (χ4n) is 2.85. The highest BCUT2D eigenvalue weighted by Gasteiger charge is 2.30. The van der Waals surface area contributed by atoms with Gasteiger partial charge in [0, 0.05) is 10.9 Å². The number of hydrogen-bond acceptors (Lipinski definition) is 2. The highest BCUT2D eigenvalue weighted by Crippen LogP contribution is 2.38. The summed E-state index contributed by atoms with van der Waals surface area (Å²) in [4.78, 5) is 11.5. The topological polar surface area (TPSA) is 55.1 Å². The Morgan fingerprint density at radius 3 is 2.38 bits per heavy atom. The zero-order valence-corrected chi connectivity index (χ0v) is 12.7. The number of carboxylic acid groups (broad SMARTS) is 1. The lowest BCUT2D eigenvalue weighted by molar-refractivity contribution is 0.0695. The lowest BCUT2D eigenvalue weighted by Gasteiger charge is -2.06. The van der Waals surface area contributed by atoms with E-state index in [1.54, 1.807) is 24.3 Å². The molecule has 1 aromatic carbocycles. The predicted molar refractivity (Wildman–Crippen MR) is 81.8 cm³/mol. The van der Waals surface area contributed by atoms with Gasteiger partial charge in [0.15, 0.2) is 0 Å². The van der Waals surface area contributed by atoms with Gasteiger partial charge in [-0.2, -0.15) is 5.10 Å². The molecule has 21 heavy (non-hydrogen) atoms. The van der Waals surface area contributed by atoms with Crippen LogP contribution in [0.1, 0.15) is 47.7 Å². The molecule has 0 atom stereocenters. The van der Waals surface area contributed by atoms with Crippen molar-refractivity contribution in [3.63, 3.8) is 0 Å². The van der Waals surface area contributed by atoms with Crippen LogP contribution >= 0.6 is 23.2 Å². The molecule has 0 unspecified atom stereocenters. The third-order valence-corrected chi connectivity index (χ3v) is 4.48. The summed E-state index contributed by atoms with van der Waals surface area (Å²) in [6.07, 6.45) is 4.15. The molecule has 0 bridgehead atoms. The SMILES string of the molecule is O=C(O)c1c(C2CCCC2)nn(-c2ccc(Cl)cc2)c1Cl. The van der Waals surface area contributed by atoms with E-state index in [2.05, 4.69) is 5.10 Å². The Hall–Kier alpha value is -1.52. The summed E-state index contributed by atoms with van der Waals surface area (Å²) in [5.74, 6) is -0.843. The molecule has 1 aliphatic rings. The second-order valence-corrected chi connectivity index (χ2v) is 6.02. The number of carbonyl (C=O) groups is 1. The maximum absolute atomic E-state index is 11.5. The van der Waals surface area contributed by atoms with E-state index in [1.807, 2.05) is 0 Å². The smallest absolute Gasteiger partial charge is 0.340 e. The molecule has 1 heterocycles. The van der Waals surface area contributed by atoms with Gasteiger partial charge in [-0.15, -0.1) is 0 Å². The largest absolute Gasteiger partial charge is 0.478 e. The normalized spacial score (nSPS) is 15.5. The van der Waals surface area contributed by atoms with E-state index in [4.69, 9.17) is 23.2 Å². The molecule has 0 spiro atoms. The van der Waals surface area contributed by atoms with E-state index in [1.165, 1.54) is 4.68 Å². The molecule has 6 heteroatoms. The average molecular weight is 325 g/mol. The number of benzene rings is 1. The second kappa shape index (κ2) is 5.70. The Bertz CT molecular complexity index is 674. The maximum atomic E-state index is 11.5. The molecule has 0 aliphatic heterocycles. The lowest BCUT2D eigenvalue weighted by atomic mass is 10.0. The van der Waals surface area contributed by atoms with Gasteiger partial charge in [-0.05, 0) is 37.1 Å². The molecule has 1 fully saturated rings. The maximum Gasteiger partial charge on any atom is 0.340 e. The molecule has 3 rings (SSSR count). The van der Waals surface area contributed by atoms with Gasteiger partial charge < -0.3 is 5.11 Å². The third-order valence-electron chi connectivity index (χ3n) is 3.88. The number of aromatic nitrogens is 2. The monoisotopic (exact) mass is 324 g/mol. The van der Waals surface area contributed by atoms with Crippen molar-refractivity contribution in [1.82, 2.24) is 9.78 Å². The van der Waals surface area contributed by atoms with Gasteiger partial charge >= 0.3 is 5.97 Å². The molecule has 1 N–H and O–H groups in total. The van der Waals surface area contributed by atoms with Crippen molar-refractivity contribution in [2.75, 3.05) is 0 Å². The van der Waals surface area contributed by atoms with Crippen molar-refractivity contribution in [2.24, 2.45) is 0 Å². The van der Waals surface area contributed by atoms with Crippen molar-refractivity contribution < 1.29 is 9.90 Å². The van der Waals surface area contributed by atoms with Crippen LogP contribution in [-0.4, -0.2) is 20.9 Å². The minimum absolute atomic E-state index is 0.124. The number of halogens is 2. The predicted octanol–water partition coefficient (Wildman–Crippen LogP) is 4.53. The molecule has 2 aromatic rings. The van der Waals surface area contributed by atoms with Gasteiger partial charge in [0.05, 0.1) is 11.4 Å². The van der Waals surface area contributed by atoms with Crippen LogP contribution in [0.25, 0.3) is 5.69 Å². The number of carboxylic acids is 1. The summed E-state index contributed by atoms with van der Waals surface area (Å²) in [6.45, 7) is 0. The van der Waals surface area contributed by atoms with E-state index in [0.29, 0.717) is 16.4 Å². The van der Waals surface area contributed by atoms with Crippen molar-refractivity contribution in [1.29, 1.82) is 0 Å². The second-order valence-electron chi connectivity index (χ2n) is 5.23. The molecular formula is C15H14Cl2N2O2. The number of hydrogen-bond donors (Lipinski definition) is 1. The first kappa shape index (κ1) is 14.4. The van der Waals surface area contributed by atoms with Crippen LogP contribution in [0.15, 0.2) is 24.3 Å². The molecule has 110 valence electrons. The van der Waals surface area contributed by atoms with E-state index in [0.717, 1.165) is 25.7 Å². The molecule has 1 aromatic heterocycles. The van der Waals surface area contributed by atoms with Crippen molar-refractivity contribution in [3.05, 3.63) is 45.7 Å². The van der Waals surface area contributed by atoms with E-state index >= 15 is 0 Å². The Balaban J connectivity index is 2.11. The summed E-state index contributed by atoms with van der Waals surface area (Å²) in [6, 6.07) is 6.99. The van der Waals surface area contributed by atoms with Gasteiger partial charge in [0.2, 0.25) is 0 Å². The van der Waals surface area contributed by atoms with E-state index in [9.17, 15) is 9.90 Å². The Kier molecular flexibility index (Phi) is 3.91. The Morgan fingerprint density at radius 2 is 1.81 bits per heavy atom. The van der Waals surface area contributed by atoms with Crippen molar-refractivity contribution in [2.45, 2.75) is 31.6 Å². The summed E-state index contributed by atoms with van der Waals surface area (Å²) in [5, 5.41) is 14.7. The van der Waals surface area contributed by atoms with Gasteiger partial charge in [-0.25, -0.2) is 9.48 Å². The minimum Gasteiger partial charge on any atom is -0.478 e. The number of nitrogens with zero attached hydrogens (tertiary/aromatic N) is 2. The highest BCUT2D eigenvalue weighted by atomic mass is 35.5. The standard InChI is InChI=1S/C15H14Cl2N2O2/c16-10-5-7-11(8-6-10)19-14(17)12(15(20)21)13(18-19)9-3-1-2-4-9/h5-9H,1-4H2,(H,20,21). The highest BCUT2D eigenvalue weighted by molar-refractivity contribution is 6.33. The minimum atomic E-state index is -1.03.